The predicted molar refractivity (Wildman–Crippen MR) is 94.7 cm³/mol. The first-order chi connectivity index (χ1) is 11.8. The van der Waals surface area contributed by atoms with Gasteiger partial charge in [-0.15, -0.1) is 0 Å². The number of likely N-dealkylation sites (tertiary alicyclic amines) is 1. The highest BCUT2D eigenvalue weighted by atomic mass is 16.2. The van der Waals surface area contributed by atoms with Crippen LogP contribution < -0.4 is 0 Å². The monoisotopic (exact) mass is 317 g/mol. The molecule has 1 aliphatic rings. The third-order valence-corrected chi connectivity index (χ3v) is 4.50. The van der Waals surface area contributed by atoms with Crippen molar-refractivity contribution in [3.8, 4) is 11.4 Å². The first kappa shape index (κ1) is 14.8. The number of amides is 1. The van der Waals surface area contributed by atoms with Gasteiger partial charge >= 0.3 is 0 Å². The molecule has 2 heterocycles. The lowest BCUT2D eigenvalue weighted by Crippen LogP contribution is -2.35. The maximum absolute atomic E-state index is 12.7. The van der Waals surface area contributed by atoms with Crippen LogP contribution in [0.3, 0.4) is 0 Å². The second kappa shape index (κ2) is 6.40. The maximum Gasteiger partial charge on any atom is 0.253 e. The van der Waals surface area contributed by atoms with Crippen LogP contribution in [0, 0.1) is 0 Å². The van der Waals surface area contributed by atoms with Gasteiger partial charge in [-0.3, -0.25) is 4.79 Å². The van der Waals surface area contributed by atoms with Gasteiger partial charge in [-0.05, 0) is 31.4 Å². The summed E-state index contributed by atoms with van der Waals surface area (Å²) in [6, 6.07) is 15.6. The van der Waals surface area contributed by atoms with E-state index in [9.17, 15) is 4.79 Å². The van der Waals surface area contributed by atoms with Crippen LogP contribution in [0.15, 0.2) is 54.7 Å². The fourth-order valence-corrected chi connectivity index (χ4v) is 3.16. The van der Waals surface area contributed by atoms with Crippen LogP contribution in [0.4, 0.5) is 0 Å². The van der Waals surface area contributed by atoms with Gasteiger partial charge in [0.1, 0.15) is 0 Å². The number of aromatic nitrogens is 2. The van der Waals surface area contributed by atoms with Crippen LogP contribution in [0.1, 0.15) is 29.6 Å². The van der Waals surface area contributed by atoms with Crippen LogP contribution in [0.5, 0.6) is 0 Å². The summed E-state index contributed by atoms with van der Waals surface area (Å²) in [6.45, 7) is 1.71. The number of hydrogen-bond donors (Lipinski definition) is 0. The molecule has 2 aromatic carbocycles. The summed E-state index contributed by atoms with van der Waals surface area (Å²) in [6.07, 6.45) is 5.23. The third-order valence-electron chi connectivity index (χ3n) is 4.50. The molecule has 0 spiro atoms. The number of hydrogen-bond acceptors (Lipinski definition) is 3. The largest absolute Gasteiger partial charge is 0.339 e. The summed E-state index contributed by atoms with van der Waals surface area (Å²) < 4.78 is 0. The van der Waals surface area contributed by atoms with Gasteiger partial charge in [0, 0.05) is 35.8 Å². The van der Waals surface area contributed by atoms with Crippen molar-refractivity contribution in [2.24, 2.45) is 0 Å². The minimum Gasteiger partial charge on any atom is -0.339 e. The lowest BCUT2D eigenvalue weighted by molar-refractivity contribution is 0.0724. The Bertz CT molecular complexity index is 870. The first-order valence-electron chi connectivity index (χ1n) is 8.43. The normalized spacial score (nSPS) is 14.8. The highest BCUT2D eigenvalue weighted by Gasteiger charge is 2.18. The molecular formula is C20H19N3O. The molecule has 0 atom stereocenters. The Morgan fingerprint density at radius 2 is 1.75 bits per heavy atom. The van der Waals surface area contributed by atoms with E-state index in [4.69, 9.17) is 0 Å². The molecule has 120 valence electrons. The number of carbonyl (C=O) groups excluding carboxylic acids is 1. The Kier molecular flexibility index (Phi) is 3.95. The van der Waals surface area contributed by atoms with E-state index >= 15 is 0 Å². The SMILES string of the molecule is O=C(c1ccc2cnc(-c3ccccc3)nc2c1)N1CCCCC1. The number of benzene rings is 2. The Morgan fingerprint density at radius 1 is 0.958 bits per heavy atom. The van der Waals surface area contributed by atoms with Crippen LogP contribution in [-0.2, 0) is 0 Å². The molecule has 3 aromatic rings. The molecule has 0 bridgehead atoms. The molecule has 24 heavy (non-hydrogen) atoms. The van der Waals surface area contributed by atoms with Crippen LogP contribution >= 0.6 is 0 Å². The summed E-state index contributed by atoms with van der Waals surface area (Å²) in [7, 11) is 0. The fraction of sp³-hybridized carbons (Fsp3) is 0.250. The van der Waals surface area contributed by atoms with E-state index in [2.05, 4.69) is 9.97 Å². The lowest BCUT2D eigenvalue weighted by atomic mass is 10.1. The topological polar surface area (TPSA) is 46.1 Å². The quantitative estimate of drug-likeness (QED) is 0.719. The molecule has 4 nitrogen and oxygen atoms in total. The van der Waals surface area contributed by atoms with Gasteiger partial charge < -0.3 is 4.90 Å². The van der Waals surface area contributed by atoms with Crippen LogP contribution in [0.2, 0.25) is 0 Å². The molecule has 0 saturated carbocycles. The van der Waals surface area contributed by atoms with Crippen molar-refractivity contribution < 1.29 is 4.79 Å². The summed E-state index contributed by atoms with van der Waals surface area (Å²) in [4.78, 5) is 23.7. The van der Waals surface area contributed by atoms with Crippen molar-refractivity contribution in [2.75, 3.05) is 13.1 Å². The average Bonchev–Trinajstić information content (AvgIpc) is 2.68. The number of carbonyl (C=O) groups is 1. The second-order valence-electron chi connectivity index (χ2n) is 6.19. The summed E-state index contributed by atoms with van der Waals surface area (Å²) in [5.41, 5.74) is 2.50. The highest BCUT2D eigenvalue weighted by Crippen LogP contribution is 2.20. The van der Waals surface area contributed by atoms with E-state index in [1.807, 2.05) is 59.6 Å². The molecule has 1 saturated heterocycles. The molecule has 4 heteroatoms. The molecule has 1 fully saturated rings. The second-order valence-corrected chi connectivity index (χ2v) is 6.19. The summed E-state index contributed by atoms with van der Waals surface area (Å²) in [5, 5.41) is 0.949. The van der Waals surface area contributed by atoms with Gasteiger partial charge in [0.25, 0.3) is 5.91 Å². The number of rotatable bonds is 2. The third kappa shape index (κ3) is 2.87. The zero-order valence-corrected chi connectivity index (χ0v) is 13.5. The molecule has 1 amide bonds. The summed E-state index contributed by atoms with van der Waals surface area (Å²) in [5.74, 6) is 0.794. The average molecular weight is 317 g/mol. The van der Waals surface area contributed by atoms with Gasteiger partial charge in [-0.1, -0.05) is 36.4 Å². The van der Waals surface area contributed by atoms with E-state index in [0.29, 0.717) is 11.4 Å². The van der Waals surface area contributed by atoms with Crippen LogP contribution in [0.25, 0.3) is 22.3 Å². The molecule has 0 radical (unpaired) electrons. The summed E-state index contributed by atoms with van der Waals surface area (Å²) >= 11 is 0. The molecule has 0 N–H and O–H groups in total. The Balaban J connectivity index is 1.70. The number of nitrogens with zero attached hydrogens (tertiary/aromatic N) is 3. The minimum atomic E-state index is 0.108. The lowest BCUT2D eigenvalue weighted by Gasteiger charge is -2.26. The van der Waals surface area contributed by atoms with Crippen molar-refractivity contribution in [1.29, 1.82) is 0 Å². The van der Waals surface area contributed by atoms with E-state index in [-0.39, 0.29) is 5.91 Å². The Labute approximate surface area is 141 Å². The predicted octanol–water partition coefficient (Wildman–Crippen LogP) is 3.92. The molecule has 0 aliphatic carbocycles. The Hall–Kier alpha value is -2.75. The zero-order valence-electron chi connectivity index (χ0n) is 13.5. The van der Waals surface area contributed by atoms with E-state index in [1.54, 1.807) is 0 Å². The van der Waals surface area contributed by atoms with Gasteiger partial charge in [-0.2, -0.15) is 0 Å². The number of piperidine rings is 1. The highest BCUT2D eigenvalue weighted by molar-refractivity contribution is 5.97. The zero-order chi connectivity index (χ0) is 16.4. The van der Waals surface area contributed by atoms with Gasteiger partial charge in [0.15, 0.2) is 5.82 Å². The van der Waals surface area contributed by atoms with E-state index in [1.165, 1.54) is 6.42 Å². The van der Waals surface area contributed by atoms with Gasteiger partial charge in [-0.25, -0.2) is 9.97 Å². The molecule has 0 unspecified atom stereocenters. The van der Waals surface area contributed by atoms with Crippen molar-refractivity contribution >= 4 is 16.8 Å². The smallest absolute Gasteiger partial charge is 0.253 e. The van der Waals surface area contributed by atoms with Gasteiger partial charge in [0.05, 0.1) is 5.52 Å². The first-order valence-corrected chi connectivity index (χ1v) is 8.43. The van der Waals surface area contributed by atoms with Crippen molar-refractivity contribution in [2.45, 2.75) is 19.3 Å². The molecule has 4 rings (SSSR count). The number of fused-ring (bicyclic) bond motifs is 1. The molecule has 1 aromatic heterocycles. The Morgan fingerprint density at radius 3 is 2.54 bits per heavy atom. The van der Waals surface area contributed by atoms with E-state index in [0.717, 1.165) is 42.4 Å². The van der Waals surface area contributed by atoms with Gasteiger partial charge in [0.2, 0.25) is 0 Å². The van der Waals surface area contributed by atoms with Crippen LogP contribution in [-0.4, -0.2) is 33.9 Å². The maximum atomic E-state index is 12.7. The van der Waals surface area contributed by atoms with Crippen molar-refractivity contribution in [1.82, 2.24) is 14.9 Å². The fourth-order valence-electron chi connectivity index (χ4n) is 3.16. The standard InChI is InChI=1S/C20H19N3O/c24-20(23-11-5-2-6-12-23)16-9-10-17-14-21-19(22-18(17)13-16)15-7-3-1-4-8-15/h1,3-4,7-10,13-14H,2,5-6,11-12H2. The van der Waals surface area contributed by atoms with Crippen molar-refractivity contribution in [3.05, 3.63) is 60.3 Å². The minimum absolute atomic E-state index is 0.108. The van der Waals surface area contributed by atoms with Crippen molar-refractivity contribution in [3.63, 3.8) is 0 Å². The molecular weight excluding hydrogens is 298 g/mol. The van der Waals surface area contributed by atoms with E-state index < -0.39 is 0 Å². The molecule has 1 aliphatic heterocycles.